The van der Waals surface area contributed by atoms with Crippen LogP contribution in [0.3, 0.4) is 0 Å². The van der Waals surface area contributed by atoms with Gasteiger partial charge in [-0.05, 0) is 24.3 Å². The Balaban J connectivity index is 2.38. The molecule has 0 saturated heterocycles. The summed E-state index contributed by atoms with van der Waals surface area (Å²) in [6, 6.07) is 0. The van der Waals surface area contributed by atoms with Crippen LogP contribution in [0, 0.1) is 0 Å². The zero-order valence-electron chi connectivity index (χ0n) is 9.90. The predicted molar refractivity (Wildman–Crippen MR) is 65.3 cm³/mol. The first-order valence-corrected chi connectivity index (χ1v) is 9.23. The zero-order valence-corrected chi connectivity index (χ0v) is 10.9. The zero-order chi connectivity index (χ0) is 10.8. The number of hydrogen-bond donors (Lipinski definition) is 1. The molecule has 0 aliphatic heterocycles. The minimum Gasteiger partial charge on any atom is -0.396 e. The van der Waals surface area contributed by atoms with E-state index in [2.05, 4.69) is 26.2 Å². The molecule has 1 N–H and O–H groups in total. The molecule has 82 valence electrons. The molecule has 1 atom stereocenters. The van der Waals surface area contributed by atoms with Crippen LogP contribution in [0.1, 0.15) is 32.1 Å². The van der Waals surface area contributed by atoms with Gasteiger partial charge in [0.1, 0.15) is 0 Å². The van der Waals surface area contributed by atoms with Crippen molar-refractivity contribution in [2.24, 2.45) is 0 Å². The van der Waals surface area contributed by atoms with Crippen molar-refractivity contribution in [2.45, 2.75) is 56.8 Å². The summed E-state index contributed by atoms with van der Waals surface area (Å²) in [7, 11) is -1.06. The molecular weight excluding hydrogens is 188 g/mol. The third kappa shape index (κ3) is 2.29. The van der Waals surface area contributed by atoms with Crippen LogP contribution in [-0.4, -0.2) is 19.8 Å². The van der Waals surface area contributed by atoms with Crippen LogP contribution in [-0.2, 0) is 0 Å². The standard InChI is InChI=1S/C12H24OSi/c1-11-10-12(11,14(2,3)4)8-6-5-7-9-13/h13H,1,5-10H2,2-4H3. The van der Waals surface area contributed by atoms with E-state index in [9.17, 15) is 0 Å². The Bertz CT molecular complexity index is 217. The van der Waals surface area contributed by atoms with Crippen molar-refractivity contribution < 1.29 is 5.11 Å². The van der Waals surface area contributed by atoms with E-state index in [4.69, 9.17) is 5.11 Å². The number of rotatable bonds is 6. The van der Waals surface area contributed by atoms with Crippen LogP contribution in [0.5, 0.6) is 0 Å². The molecule has 1 nitrogen and oxygen atoms in total. The molecule has 0 heterocycles. The predicted octanol–water partition coefficient (Wildman–Crippen LogP) is 3.58. The lowest BCUT2D eigenvalue weighted by molar-refractivity contribution is 0.282. The van der Waals surface area contributed by atoms with Gasteiger partial charge in [0.2, 0.25) is 0 Å². The molecule has 1 aliphatic rings. The van der Waals surface area contributed by atoms with Gasteiger partial charge in [-0.3, -0.25) is 0 Å². The highest BCUT2D eigenvalue weighted by atomic mass is 28.3. The molecule has 0 aromatic carbocycles. The van der Waals surface area contributed by atoms with Crippen molar-refractivity contribution in [1.82, 2.24) is 0 Å². The summed E-state index contributed by atoms with van der Waals surface area (Å²) >= 11 is 0. The van der Waals surface area contributed by atoms with Crippen molar-refractivity contribution in [2.75, 3.05) is 6.61 Å². The van der Waals surface area contributed by atoms with Crippen LogP contribution in [0.2, 0.25) is 24.7 Å². The Morgan fingerprint density at radius 1 is 1.29 bits per heavy atom. The molecule has 1 rings (SSSR count). The fourth-order valence-corrected chi connectivity index (χ4v) is 5.20. The maximum atomic E-state index is 8.71. The summed E-state index contributed by atoms with van der Waals surface area (Å²) in [5.41, 5.74) is 1.50. The fourth-order valence-electron chi connectivity index (χ4n) is 2.47. The van der Waals surface area contributed by atoms with Gasteiger partial charge in [-0.1, -0.05) is 44.6 Å². The van der Waals surface area contributed by atoms with Crippen LogP contribution in [0.15, 0.2) is 12.2 Å². The van der Waals surface area contributed by atoms with E-state index in [1.807, 2.05) is 0 Å². The average molecular weight is 212 g/mol. The highest BCUT2D eigenvalue weighted by molar-refractivity contribution is 6.81. The van der Waals surface area contributed by atoms with Gasteiger partial charge in [-0.25, -0.2) is 0 Å². The van der Waals surface area contributed by atoms with Crippen molar-refractivity contribution in [3.8, 4) is 0 Å². The maximum absolute atomic E-state index is 8.71. The summed E-state index contributed by atoms with van der Waals surface area (Å²) < 4.78 is 0. The van der Waals surface area contributed by atoms with E-state index in [0.717, 1.165) is 6.42 Å². The molecule has 1 saturated carbocycles. The maximum Gasteiger partial charge on any atom is 0.0556 e. The van der Waals surface area contributed by atoms with Gasteiger partial charge in [0.25, 0.3) is 0 Å². The minimum absolute atomic E-state index is 0.348. The Labute approximate surface area is 89.2 Å². The van der Waals surface area contributed by atoms with E-state index < -0.39 is 8.07 Å². The Morgan fingerprint density at radius 2 is 1.86 bits per heavy atom. The third-order valence-corrected chi connectivity index (χ3v) is 7.42. The van der Waals surface area contributed by atoms with Gasteiger partial charge in [0.05, 0.1) is 8.07 Å². The van der Waals surface area contributed by atoms with Gasteiger partial charge in [0, 0.05) is 6.61 Å². The van der Waals surface area contributed by atoms with Gasteiger partial charge < -0.3 is 5.11 Å². The van der Waals surface area contributed by atoms with Gasteiger partial charge in [-0.2, -0.15) is 0 Å². The van der Waals surface area contributed by atoms with Crippen LogP contribution in [0.4, 0.5) is 0 Å². The number of allylic oxidation sites excluding steroid dienone is 1. The normalized spacial score (nSPS) is 26.7. The second kappa shape index (κ2) is 4.19. The number of hydrogen-bond acceptors (Lipinski definition) is 1. The van der Waals surface area contributed by atoms with Crippen molar-refractivity contribution in [1.29, 1.82) is 0 Å². The first kappa shape index (κ1) is 12.0. The summed E-state index contributed by atoms with van der Waals surface area (Å²) in [5, 5.41) is 9.27. The van der Waals surface area contributed by atoms with Crippen LogP contribution < -0.4 is 0 Å². The van der Waals surface area contributed by atoms with E-state index in [0.29, 0.717) is 11.6 Å². The first-order chi connectivity index (χ1) is 6.44. The molecule has 0 bridgehead atoms. The highest BCUT2D eigenvalue weighted by Gasteiger charge is 2.55. The van der Waals surface area contributed by atoms with Crippen molar-refractivity contribution in [3.63, 3.8) is 0 Å². The van der Waals surface area contributed by atoms with E-state index in [-0.39, 0.29) is 0 Å². The lowest BCUT2D eigenvalue weighted by Gasteiger charge is -2.28. The van der Waals surface area contributed by atoms with E-state index in [1.54, 1.807) is 0 Å². The summed E-state index contributed by atoms with van der Waals surface area (Å²) in [6.45, 7) is 11.9. The van der Waals surface area contributed by atoms with Crippen molar-refractivity contribution >= 4 is 8.07 Å². The monoisotopic (exact) mass is 212 g/mol. The molecule has 14 heavy (non-hydrogen) atoms. The Morgan fingerprint density at radius 3 is 2.21 bits per heavy atom. The van der Waals surface area contributed by atoms with Crippen LogP contribution in [0.25, 0.3) is 0 Å². The minimum atomic E-state index is -1.06. The number of aliphatic hydroxyl groups excluding tert-OH is 1. The van der Waals surface area contributed by atoms with E-state index >= 15 is 0 Å². The lowest BCUT2D eigenvalue weighted by Crippen LogP contribution is -2.29. The van der Waals surface area contributed by atoms with Gasteiger partial charge >= 0.3 is 0 Å². The largest absolute Gasteiger partial charge is 0.396 e. The second-order valence-electron chi connectivity index (χ2n) is 5.65. The Kier molecular flexibility index (Phi) is 3.59. The fraction of sp³-hybridized carbons (Fsp3) is 0.833. The molecule has 1 aliphatic carbocycles. The van der Waals surface area contributed by atoms with Crippen molar-refractivity contribution in [3.05, 3.63) is 12.2 Å². The molecule has 0 aromatic rings. The molecule has 1 fully saturated rings. The number of unbranched alkanes of at least 4 members (excludes halogenated alkanes) is 2. The molecule has 0 amide bonds. The molecule has 1 unspecified atom stereocenters. The van der Waals surface area contributed by atoms with Crippen LogP contribution >= 0.6 is 0 Å². The topological polar surface area (TPSA) is 20.2 Å². The average Bonchev–Trinajstić information content (AvgIpc) is 2.71. The van der Waals surface area contributed by atoms with E-state index in [1.165, 1.54) is 31.3 Å². The summed E-state index contributed by atoms with van der Waals surface area (Å²) in [6.07, 6.45) is 6.01. The summed E-state index contributed by atoms with van der Waals surface area (Å²) in [4.78, 5) is 0. The molecule has 0 radical (unpaired) electrons. The molecule has 2 heteroatoms. The smallest absolute Gasteiger partial charge is 0.0556 e. The quantitative estimate of drug-likeness (QED) is 0.405. The lowest BCUT2D eigenvalue weighted by atomic mass is 10.1. The van der Waals surface area contributed by atoms with Gasteiger partial charge in [0.15, 0.2) is 0 Å². The number of aliphatic hydroxyl groups is 1. The molecular formula is C12H24OSi. The Hall–Kier alpha value is -0.0831. The SMILES string of the molecule is C=C1CC1(CCCCCO)[Si](C)(C)C. The van der Waals surface area contributed by atoms with Gasteiger partial charge in [-0.15, -0.1) is 0 Å². The third-order valence-electron chi connectivity index (χ3n) is 3.76. The molecule has 0 aromatic heterocycles. The molecule has 0 spiro atoms. The summed E-state index contributed by atoms with van der Waals surface area (Å²) in [5.74, 6) is 0. The highest BCUT2D eigenvalue weighted by Crippen LogP contribution is 2.67. The first-order valence-electron chi connectivity index (χ1n) is 5.73. The second-order valence-corrected chi connectivity index (χ2v) is 11.1.